The van der Waals surface area contributed by atoms with Gasteiger partial charge in [-0.05, 0) is 34.5 Å². The lowest BCUT2D eigenvalue weighted by atomic mass is 9.99. The molecule has 0 bridgehead atoms. The van der Waals surface area contributed by atoms with E-state index in [9.17, 15) is 0 Å². The molecular weight excluding hydrogens is 150 g/mol. The minimum atomic E-state index is 0.491. The van der Waals surface area contributed by atoms with Crippen molar-refractivity contribution in [2.75, 3.05) is 21.1 Å². The molecule has 0 aromatic rings. The first kappa shape index (κ1) is 11.9. The molecule has 0 aromatic carbocycles. The van der Waals surface area contributed by atoms with Crippen LogP contribution in [0.5, 0.6) is 0 Å². The van der Waals surface area contributed by atoms with Crippen molar-refractivity contribution in [3.8, 4) is 0 Å². The normalized spacial score (nSPS) is 18.8. The molecule has 0 aliphatic carbocycles. The Morgan fingerprint density at radius 1 is 1.00 bits per heavy atom. The summed E-state index contributed by atoms with van der Waals surface area (Å²) in [6.45, 7) is 4.40. The summed E-state index contributed by atoms with van der Waals surface area (Å²) in [7, 11) is 6.02. The van der Waals surface area contributed by atoms with Gasteiger partial charge in [-0.25, -0.2) is 0 Å². The van der Waals surface area contributed by atoms with Crippen molar-refractivity contribution < 1.29 is 0 Å². The van der Waals surface area contributed by atoms with Crippen LogP contribution >= 0.6 is 0 Å². The lowest BCUT2D eigenvalue weighted by Gasteiger charge is -2.30. The van der Waals surface area contributed by atoms with Crippen LogP contribution in [0.1, 0.15) is 20.3 Å². The number of hydrogen-bond donors (Lipinski definition) is 3. The van der Waals surface area contributed by atoms with Gasteiger partial charge in [0.1, 0.15) is 0 Å². The smallest absolute Gasteiger partial charge is 0.0370 e. The van der Waals surface area contributed by atoms with E-state index in [2.05, 4.69) is 29.8 Å². The van der Waals surface area contributed by atoms with Crippen molar-refractivity contribution in [3.05, 3.63) is 0 Å². The van der Waals surface area contributed by atoms with Gasteiger partial charge in [0, 0.05) is 18.1 Å². The van der Waals surface area contributed by atoms with Crippen molar-refractivity contribution >= 4 is 0 Å². The summed E-state index contributed by atoms with van der Waals surface area (Å²) in [6.07, 6.45) is 1.15. The molecule has 0 aromatic heterocycles. The Morgan fingerprint density at radius 3 is 1.83 bits per heavy atom. The van der Waals surface area contributed by atoms with Crippen LogP contribution in [0.25, 0.3) is 0 Å². The lowest BCUT2D eigenvalue weighted by Crippen LogP contribution is -2.54. The van der Waals surface area contributed by atoms with E-state index in [1.54, 1.807) is 0 Å². The molecule has 74 valence electrons. The van der Waals surface area contributed by atoms with E-state index in [0.717, 1.165) is 6.42 Å². The molecule has 0 radical (unpaired) electrons. The molecule has 3 nitrogen and oxygen atoms in total. The Morgan fingerprint density at radius 2 is 1.58 bits per heavy atom. The highest BCUT2D eigenvalue weighted by Crippen LogP contribution is 2.02. The Balaban J connectivity index is 4.09. The molecule has 3 heteroatoms. The van der Waals surface area contributed by atoms with Crippen molar-refractivity contribution in [1.82, 2.24) is 16.0 Å². The van der Waals surface area contributed by atoms with E-state index in [4.69, 9.17) is 0 Å². The molecule has 3 unspecified atom stereocenters. The van der Waals surface area contributed by atoms with Crippen molar-refractivity contribution in [2.45, 2.75) is 38.4 Å². The standard InChI is InChI=1S/C9H23N3/c1-6-8(11-4)9(12-5)7(2)10-3/h7-12H,6H2,1-5H3. The Hall–Kier alpha value is -0.120. The topological polar surface area (TPSA) is 36.1 Å². The van der Waals surface area contributed by atoms with E-state index < -0.39 is 0 Å². The molecule has 12 heavy (non-hydrogen) atoms. The fourth-order valence-electron chi connectivity index (χ4n) is 1.62. The maximum Gasteiger partial charge on any atom is 0.0370 e. The number of hydrogen-bond acceptors (Lipinski definition) is 3. The van der Waals surface area contributed by atoms with Crippen LogP contribution in [0, 0.1) is 0 Å². The Kier molecular flexibility index (Phi) is 6.34. The average molecular weight is 173 g/mol. The van der Waals surface area contributed by atoms with E-state index >= 15 is 0 Å². The van der Waals surface area contributed by atoms with Gasteiger partial charge < -0.3 is 16.0 Å². The van der Waals surface area contributed by atoms with Crippen molar-refractivity contribution in [3.63, 3.8) is 0 Å². The van der Waals surface area contributed by atoms with Gasteiger partial charge in [-0.2, -0.15) is 0 Å². The molecule has 0 amide bonds. The van der Waals surface area contributed by atoms with Crippen molar-refractivity contribution in [2.24, 2.45) is 0 Å². The second-order valence-corrected chi connectivity index (χ2v) is 3.20. The highest BCUT2D eigenvalue weighted by molar-refractivity contribution is 4.86. The van der Waals surface area contributed by atoms with Gasteiger partial charge in [0.15, 0.2) is 0 Å². The van der Waals surface area contributed by atoms with E-state index in [0.29, 0.717) is 18.1 Å². The van der Waals surface area contributed by atoms with Gasteiger partial charge in [0.05, 0.1) is 0 Å². The van der Waals surface area contributed by atoms with Crippen LogP contribution in [-0.2, 0) is 0 Å². The largest absolute Gasteiger partial charge is 0.316 e. The van der Waals surface area contributed by atoms with Crippen LogP contribution in [0.4, 0.5) is 0 Å². The quantitative estimate of drug-likeness (QED) is 0.536. The summed E-state index contributed by atoms with van der Waals surface area (Å²) < 4.78 is 0. The molecular formula is C9H23N3. The molecule has 0 heterocycles. The predicted octanol–water partition coefficient (Wildman–Crippen LogP) is 0.180. The van der Waals surface area contributed by atoms with Crippen LogP contribution in [0.2, 0.25) is 0 Å². The fraction of sp³-hybridized carbons (Fsp3) is 1.00. The maximum atomic E-state index is 3.33. The maximum absolute atomic E-state index is 3.33. The van der Waals surface area contributed by atoms with Gasteiger partial charge in [-0.3, -0.25) is 0 Å². The first-order valence-corrected chi connectivity index (χ1v) is 4.73. The zero-order chi connectivity index (χ0) is 9.56. The molecule has 0 saturated heterocycles. The summed E-state index contributed by atoms with van der Waals surface area (Å²) in [5, 5.41) is 9.91. The van der Waals surface area contributed by atoms with Gasteiger partial charge in [0.2, 0.25) is 0 Å². The molecule has 0 saturated carbocycles. The molecule has 3 N–H and O–H groups in total. The number of likely N-dealkylation sites (N-methyl/N-ethyl adjacent to an activating group) is 3. The predicted molar refractivity (Wildman–Crippen MR) is 54.5 cm³/mol. The second kappa shape index (κ2) is 6.40. The highest BCUT2D eigenvalue weighted by atomic mass is 15.0. The van der Waals surface area contributed by atoms with Gasteiger partial charge in [0.25, 0.3) is 0 Å². The van der Waals surface area contributed by atoms with Gasteiger partial charge in [-0.1, -0.05) is 6.92 Å². The van der Waals surface area contributed by atoms with E-state index in [1.807, 2.05) is 21.1 Å². The molecule has 0 aliphatic heterocycles. The van der Waals surface area contributed by atoms with Crippen molar-refractivity contribution in [1.29, 1.82) is 0 Å². The summed E-state index contributed by atoms with van der Waals surface area (Å²) >= 11 is 0. The second-order valence-electron chi connectivity index (χ2n) is 3.20. The van der Waals surface area contributed by atoms with Crippen LogP contribution in [0.15, 0.2) is 0 Å². The SMILES string of the molecule is CCC(NC)C(NC)C(C)NC. The summed E-state index contributed by atoms with van der Waals surface area (Å²) in [4.78, 5) is 0. The summed E-state index contributed by atoms with van der Waals surface area (Å²) in [5.74, 6) is 0. The Labute approximate surface area is 76.3 Å². The fourth-order valence-corrected chi connectivity index (χ4v) is 1.62. The zero-order valence-corrected chi connectivity index (χ0v) is 8.94. The number of nitrogens with one attached hydrogen (secondary N) is 3. The highest BCUT2D eigenvalue weighted by Gasteiger charge is 2.21. The Bertz CT molecular complexity index is 102. The first-order chi connectivity index (χ1) is 5.71. The average Bonchev–Trinajstić information content (AvgIpc) is 2.12. The van der Waals surface area contributed by atoms with Crippen LogP contribution in [-0.4, -0.2) is 39.3 Å². The molecule has 0 aliphatic rings. The number of rotatable bonds is 6. The molecule has 3 atom stereocenters. The first-order valence-electron chi connectivity index (χ1n) is 4.73. The van der Waals surface area contributed by atoms with Crippen LogP contribution < -0.4 is 16.0 Å². The third-order valence-electron chi connectivity index (χ3n) is 2.57. The van der Waals surface area contributed by atoms with E-state index in [-0.39, 0.29) is 0 Å². The summed E-state index contributed by atoms with van der Waals surface area (Å²) in [6, 6.07) is 1.52. The molecule has 0 rings (SSSR count). The zero-order valence-electron chi connectivity index (χ0n) is 8.94. The molecule has 0 fully saturated rings. The molecule has 0 spiro atoms. The summed E-state index contributed by atoms with van der Waals surface area (Å²) in [5.41, 5.74) is 0. The monoisotopic (exact) mass is 173 g/mol. The van der Waals surface area contributed by atoms with Crippen LogP contribution in [0.3, 0.4) is 0 Å². The van der Waals surface area contributed by atoms with E-state index in [1.165, 1.54) is 0 Å². The van der Waals surface area contributed by atoms with Gasteiger partial charge >= 0.3 is 0 Å². The minimum Gasteiger partial charge on any atom is -0.316 e. The lowest BCUT2D eigenvalue weighted by molar-refractivity contribution is 0.332. The van der Waals surface area contributed by atoms with Gasteiger partial charge in [-0.15, -0.1) is 0 Å². The third-order valence-corrected chi connectivity index (χ3v) is 2.57. The minimum absolute atomic E-state index is 0.491. The third kappa shape index (κ3) is 3.09.